The molecule has 1 atom stereocenters. The minimum atomic E-state index is -0.706. The molecule has 6 N–H and O–H groups in total. The van der Waals surface area contributed by atoms with Gasteiger partial charge < -0.3 is 21.5 Å². The molecule has 2 amide bonds. The summed E-state index contributed by atoms with van der Waals surface area (Å²) in [6.45, 7) is 0.289. The molecule has 0 saturated carbocycles. The third-order valence-corrected chi connectivity index (χ3v) is 5.54. The van der Waals surface area contributed by atoms with E-state index in [4.69, 9.17) is 16.2 Å². The third-order valence-electron chi connectivity index (χ3n) is 5.54. The van der Waals surface area contributed by atoms with E-state index in [1.54, 1.807) is 54.6 Å². The highest BCUT2D eigenvalue weighted by atomic mass is 19.1. The Bertz CT molecular complexity index is 1260. The predicted octanol–water partition coefficient (Wildman–Crippen LogP) is 2.49. The molecule has 9 heteroatoms. The van der Waals surface area contributed by atoms with E-state index in [2.05, 4.69) is 10.7 Å². The number of carbonyl (C=O) groups is 2. The summed E-state index contributed by atoms with van der Waals surface area (Å²) >= 11 is 0. The molecule has 1 aliphatic heterocycles. The van der Waals surface area contributed by atoms with Gasteiger partial charge in [0.2, 0.25) is 5.91 Å². The van der Waals surface area contributed by atoms with Crippen LogP contribution in [0.3, 0.4) is 0 Å². The van der Waals surface area contributed by atoms with Crippen molar-refractivity contribution in [3.8, 4) is 5.75 Å². The number of nitrogens with one attached hydrogen (secondary N) is 2. The Labute approximate surface area is 196 Å². The van der Waals surface area contributed by atoms with Gasteiger partial charge in [-0.2, -0.15) is 0 Å². The molecule has 4 rings (SSSR count). The monoisotopic (exact) mass is 461 g/mol. The molecule has 1 heterocycles. The largest absolute Gasteiger partial charge is 0.496 e. The SMILES string of the molecule is COc1ccccc1C(=O)NCc1ccc(C2NN(c3ccccc3F)C(N)=C2C(N)=O)cc1. The second-order valence-corrected chi connectivity index (χ2v) is 7.64. The van der Waals surface area contributed by atoms with Crippen LogP contribution in [0, 0.1) is 5.82 Å². The maximum atomic E-state index is 14.3. The van der Waals surface area contributed by atoms with E-state index >= 15 is 0 Å². The van der Waals surface area contributed by atoms with Crippen LogP contribution in [0.15, 0.2) is 84.2 Å². The van der Waals surface area contributed by atoms with Gasteiger partial charge in [0.05, 0.1) is 30.0 Å². The first-order valence-corrected chi connectivity index (χ1v) is 10.5. The quantitative estimate of drug-likeness (QED) is 0.429. The average Bonchev–Trinajstić information content (AvgIpc) is 3.20. The van der Waals surface area contributed by atoms with Crippen LogP contribution in [0.2, 0.25) is 0 Å². The molecule has 1 aliphatic rings. The first kappa shape index (κ1) is 22.8. The molecular weight excluding hydrogens is 437 g/mol. The number of ether oxygens (including phenoxy) is 1. The Morgan fingerprint density at radius 2 is 1.74 bits per heavy atom. The Morgan fingerprint density at radius 3 is 2.41 bits per heavy atom. The zero-order chi connectivity index (χ0) is 24.2. The molecule has 0 aliphatic carbocycles. The van der Waals surface area contributed by atoms with Crippen molar-refractivity contribution in [3.63, 3.8) is 0 Å². The van der Waals surface area contributed by atoms with E-state index in [1.165, 1.54) is 18.2 Å². The molecule has 0 bridgehead atoms. The molecule has 0 aromatic heterocycles. The van der Waals surface area contributed by atoms with Gasteiger partial charge in [-0.15, -0.1) is 0 Å². The van der Waals surface area contributed by atoms with Gasteiger partial charge in [0.1, 0.15) is 17.4 Å². The summed E-state index contributed by atoms with van der Waals surface area (Å²) in [6.07, 6.45) is 0. The highest BCUT2D eigenvalue weighted by Crippen LogP contribution is 2.34. The number of anilines is 1. The van der Waals surface area contributed by atoms with Crippen molar-refractivity contribution in [1.82, 2.24) is 10.7 Å². The molecule has 8 nitrogen and oxygen atoms in total. The number of nitrogens with two attached hydrogens (primary N) is 2. The Balaban J connectivity index is 1.50. The van der Waals surface area contributed by atoms with E-state index in [0.29, 0.717) is 16.9 Å². The summed E-state index contributed by atoms with van der Waals surface area (Å²) in [6, 6.07) is 19.6. The number of hydrazine groups is 1. The molecule has 174 valence electrons. The summed E-state index contributed by atoms with van der Waals surface area (Å²) in [5.74, 6) is -0.932. The van der Waals surface area contributed by atoms with E-state index in [1.807, 2.05) is 12.1 Å². The number of halogens is 1. The second kappa shape index (κ2) is 9.63. The Morgan fingerprint density at radius 1 is 1.06 bits per heavy atom. The van der Waals surface area contributed by atoms with Gasteiger partial charge in [-0.3, -0.25) is 14.6 Å². The fourth-order valence-corrected chi connectivity index (χ4v) is 3.81. The van der Waals surface area contributed by atoms with Crippen LogP contribution in [0.25, 0.3) is 0 Å². The Hall–Kier alpha value is -4.37. The van der Waals surface area contributed by atoms with Crippen LogP contribution in [0.1, 0.15) is 27.5 Å². The topological polar surface area (TPSA) is 123 Å². The van der Waals surface area contributed by atoms with Crippen LogP contribution in [0.4, 0.5) is 10.1 Å². The molecule has 34 heavy (non-hydrogen) atoms. The minimum absolute atomic E-state index is 0.0377. The summed E-state index contributed by atoms with van der Waals surface area (Å²) in [7, 11) is 1.51. The molecular formula is C25H24FN5O3. The van der Waals surface area contributed by atoms with Crippen molar-refractivity contribution in [2.24, 2.45) is 11.5 Å². The summed E-state index contributed by atoms with van der Waals surface area (Å²) in [5, 5.41) is 4.18. The number of nitrogens with zero attached hydrogens (tertiary/aromatic N) is 1. The molecule has 3 aromatic carbocycles. The van der Waals surface area contributed by atoms with Crippen molar-refractivity contribution in [3.05, 3.63) is 107 Å². The highest BCUT2D eigenvalue weighted by molar-refractivity contribution is 5.97. The molecule has 0 spiro atoms. The minimum Gasteiger partial charge on any atom is -0.496 e. The van der Waals surface area contributed by atoms with E-state index in [9.17, 15) is 14.0 Å². The number of para-hydroxylation sites is 2. The molecule has 1 unspecified atom stereocenters. The first-order valence-electron chi connectivity index (χ1n) is 10.5. The maximum Gasteiger partial charge on any atom is 0.255 e. The van der Waals surface area contributed by atoms with E-state index in [-0.39, 0.29) is 29.5 Å². The van der Waals surface area contributed by atoms with Crippen molar-refractivity contribution in [2.75, 3.05) is 12.1 Å². The van der Waals surface area contributed by atoms with Gasteiger partial charge >= 0.3 is 0 Å². The molecule has 3 aromatic rings. The van der Waals surface area contributed by atoms with Crippen molar-refractivity contribution in [1.29, 1.82) is 0 Å². The number of hydrogen-bond acceptors (Lipinski definition) is 6. The van der Waals surface area contributed by atoms with E-state index < -0.39 is 17.8 Å². The van der Waals surface area contributed by atoms with Crippen molar-refractivity contribution >= 4 is 17.5 Å². The fraction of sp³-hybridized carbons (Fsp3) is 0.120. The lowest BCUT2D eigenvalue weighted by Crippen LogP contribution is -2.36. The average molecular weight is 461 g/mol. The summed E-state index contributed by atoms with van der Waals surface area (Å²) in [5.41, 5.74) is 17.1. The lowest BCUT2D eigenvalue weighted by atomic mass is 9.98. The summed E-state index contributed by atoms with van der Waals surface area (Å²) in [4.78, 5) is 24.7. The zero-order valence-electron chi connectivity index (χ0n) is 18.4. The van der Waals surface area contributed by atoms with Gasteiger partial charge in [-0.1, -0.05) is 48.5 Å². The number of benzene rings is 3. The summed E-state index contributed by atoms with van der Waals surface area (Å²) < 4.78 is 19.6. The van der Waals surface area contributed by atoms with Crippen molar-refractivity contribution in [2.45, 2.75) is 12.6 Å². The van der Waals surface area contributed by atoms with Crippen LogP contribution in [-0.4, -0.2) is 18.9 Å². The Kier molecular flexibility index (Phi) is 6.46. The number of carbonyl (C=O) groups excluding carboxylic acids is 2. The first-order chi connectivity index (χ1) is 16.4. The predicted molar refractivity (Wildman–Crippen MR) is 126 cm³/mol. The van der Waals surface area contributed by atoms with Crippen LogP contribution in [0.5, 0.6) is 5.75 Å². The maximum absolute atomic E-state index is 14.3. The standard InChI is InChI=1S/C25H24FN5O3/c1-34-20-9-5-2-6-17(20)25(33)29-14-15-10-12-16(13-11-15)22-21(24(28)32)23(27)31(30-22)19-8-4-3-7-18(19)26/h2-13,22,30H,14,27H2,1H3,(H2,28,32)(H,29,33). The van der Waals surface area contributed by atoms with Gasteiger partial charge in [-0.25, -0.2) is 9.82 Å². The smallest absolute Gasteiger partial charge is 0.255 e. The van der Waals surface area contributed by atoms with Gasteiger partial charge in [0.15, 0.2) is 0 Å². The number of hydrogen-bond donors (Lipinski definition) is 4. The van der Waals surface area contributed by atoms with Crippen LogP contribution in [-0.2, 0) is 11.3 Å². The van der Waals surface area contributed by atoms with Crippen LogP contribution >= 0.6 is 0 Å². The lowest BCUT2D eigenvalue weighted by Gasteiger charge is -2.22. The number of primary amides is 1. The molecule has 0 radical (unpaired) electrons. The number of amides is 2. The second-order valence-electron chi connectivity index (χ2n) is 7.64. The van der Waals surface area contributed by atoms with Crippen LogP contribution < -0.4 is 32.0 Å². The normalized spacial score (nSPS) is 15.4. The number of rotatable bonds is 7. The van der Waals surface area contributed by atoms with Gasteiger partial charge in [0.25, 0.3) is 5.91 Å². The van der Waals surface area contributed by atoms with E-state index in [0.717, 1.165) is 5.56 Å². The molecule has 0 saturated heterocycles. The lowest BCUT2D eigenvalue weighted by molar-refractivity contribution is -0.114. The third kappa shape index (κ3) is 4.41. The zero-order valence-corrected chi connectivity index (χ0v) is 18.4. The van der Waals surface area contributed by atoms with Gasteiger partial charge in [-0.05, 0) is 35.4 Å². The van der Waals surface area contributed by atoms with Crippen molar-refractivity contribution < 1.29 is 18.7 Å². The fourth-order valence-electron chi connectivity index (χ4n) is 3.81. The highest BCUT2D eigenvalue weighted by Gasteiger charge is 2.35. The van der Waals surface area contributed by atoms with Gasteiger partial charge in [0, 0.05) is 6.54 Å². The number of methoxy groups -OCH3 is 1. The molecule has 0 fully saturated rings.